The molecule has 1 aromatic carbocycles. The average molecular weight is 326 g/mol. The van der Waals surface area contributed by atoms with Crippen LogP contribution < -0.4 is 5.73 Å². The Morgan fingerprint density at radius 1 is 1.19 bits per heavy atom. The number of nitrogens with two attached hydrogens (primary N) is 1. The normalized spacial score (nSPS) is 10.6. The van der Waals surface area contributed by atoms with Crippen molar-refractivity contribution in [3.8, 4) is 0 Å². The molecule has 0 bridgehead atoms. The Hall–Kier alpha value is -0.940. The van der Waals surface area contributed by atoms with E-state index in [4.69, 9.17) is 5.73 Å². The molecular weight excluding hydrogens is 302 g/mol. The van der Waals surface area contributed by atoms with Gasteiger partial charge in [0.25, 0.3) is 0 Å². The third kappa shape index (κ3) is 6.14. The zero-order valence-electron chi connectivity index (χ0n) is 12.5. The smallest absolute Gasteiger partial charge is 0.107 e. The largest absolute Gasteiger partial charge is 0.329 e. The maximum Gasteiger partial charge on any atom is 0.107 e. The van der Waals surface area contributed by atoms with Crippen molar-refractivity contribution in [1.82, 2.24) is 9.88 Å². The number of aryl methyl sites for hydroxylation is 1. The van der Waals surface area contributed by atoms with Crippen LogP contribution in [0.4, 0.5) is 0 Å². The Morgan fingerprint density at radius 2 is 1.95 bits per heavy atom. The molecule has 3 nitrogen and oxygen atoms in total. The second kappa shape index (κ2) is 9.90. The topological polar surface area (TPSA) is 42.2 Å². The molecule has 0 amide bonds. The first-order chi connectivity index (χ1) is 9.81. The van der Waals surface area contributed by atoms with E-state index in [2.05, 4.69) is 47.1 Å². The first-order valence-electron chi connectivity index (χ1n) is 7.21. The lowest BCUT2D eigenvalue weighted by Crippen LogP contribution is -2.31. The van der Waals surface area contributed by atoms with Crippen LogP contribution in [0.25, 0.3) is 0 Å². The van der Waals surface area contributed by atoms with Crippen LogP contribution in [0.3, 0.4) is 0 Å². The van der Waals surface area contributed by atoms with E-state index in [0.29, 0.717) is 6.54 Å². The molecule has 0 aliphatic carbocycles. The molecule has 2 aromatic rings. The number of benzene rings is 1. The highest BCUT2D eigenvalue weighted by molar-refractivity contribution is 7.11. The lowest BCUT2D eigenvalue weighted by atomic mass is 10.1. The van der Waals surface area contributed by atoms with Crippen LogP contribution in [0.15, 0.2) is 36.5 Å². The number of nitrogens with zero attached hydrogens (tertiary/aromatic N) is 2. The van der Waals surface area contributed by atoms with Gasteiger partial charge in [-0.05, 0) is 18.4 Å². The highest BCUT2D eigenvalue weighted by atomic mass is 35.5. The SMILES string of the molecule is CCc1cnc(CN(CCN)CCc2ccccc2)s1.Cl. The number of hydrogen-bond donors (Lipinski definition) is 1. The zero-order valence-corrected chi connectivity index (χ0v) is 14.1. The maximum atomic E-state index is 5.72. The van der Waals surface area contributed by atoms with E-state index in [-0.39, 0.29) is 12.4 Å². The van der Waals surface area contributed by atoms with E-state index in [9.17, 15) is 0 Å². The van der Waals surface area contributed by atoms with Crippen molar-refractivity contribution in [2.75, 3.05) is 19.6 Å². The van der Waals surface area contributed by atoms with Crippen molar-refractivity contribution in [2.45, 2.75) is 26.3 Å². The van der Waals surface area contributed by atoms with Crippen LogP contribution in [-0.4, -0.2) is 29.5 Å². The summed E-state index contributed by atoms with van der Waals surface area (Å²) in [5.41, 5.74) is 7.10. The molecule has 0 fully saturated rings. The fourth-order valence-electron chi connectivity index (χ4n) is 2.16. The summed E-state index contributed by atoms with van der Waals surface area (Å²) in [7, 11) is 0. The maximum absolute atomic E-state index is 5.72. The number of thiazole rings is 1. The number of aromatic nitrogens is 1. The van der Waals surface area contributed by atoms with E-state index in [1.807, 2.05) is 17.5 Å². The predicted octanol–water partition coefficient (Wildman–Crippen LogP) is 3.13. The minimum Gasteiger partial charge on any atom is -0.329 e. The van der Waals surface area contributed by atoms with E-state index in [0.717, 1.165) is 32.5 Å². The minimum atomic E-state index is 0. The molecule has 0 aliphatic heterocycles. The molecule has 1 heterocycles. The van der Waals surface area contributed by atoms with Crippen molar-refractivity contribution < 1.29 is 0 Å². The van der Waals surface area contributed by atoms with Crippen LogP contribution in [-0.2, 0) is 19.4 Å². The Bertz CT molecular complexity index is 501. The summed E-state index contributed by atoms with van der Waals surface area (Å²) >= 11 is 1.82. The highest BCUT2D eigenvalue weighted by Crippen LogP contribution is 2.15. The number of hydrogen-bond acceptors (Lipinski definition) is 4. The fourth-order valence-corrected chi connectivity index (χ4v) is 3.07. The molecule has 116 valence electrons. The second-order valence-electron chi connectivity index (χ2n) is 4.87. The molecule has 0 spiro atoms. The van der Waals surface area contributed by atoms with Gasteiger partial charge in [0.1, 0.15) is 5.01 Å². The third-order valence-electron chi connectivity index (χ3n) is 3.31. The lowest BCUT2D eigenvalue weighted by Gasteiger charge is -2.20. The molecule has 2 N–H and O–H groups in total. The van der Waals surface area contributed by atoms with Gasteiger partial charge in [-0.1, -0.05) is 37.3 Å². The van der Waals surface area contributed by atoms with Crippen LogP contribution in [0, 0.1) is 0 Å². The summed E-state index contributed by atoms with van der Waals surface area (Å²) < 4.78 is 0. The van der Waals surface area contributed by atoms with Crippen LogP contribution in [0.1, 0.15) is 22.4 Å². The summed E-state index contributed by atoms with van der Waals surface area (Å²) in [4.78, 5) is 8.25. The molecule has 0 saturated carbocycles. The van der Waals surface area contributed by atoms with Crippen molar-refractivity contribution in [3.05, 3.63) is 52.0 Å². The van der Waals surface area contributed by atoms with Crippen molar-refractivity contribution >= 4 is 23.7 Å². The first kappa shape index (κ1) is 18.1. The Kier molecular flexibility index (Phi) is 8.54. The first-order valence-corrected chi connectivity index (χ1v) is 8.03. The van der Waals surface area contributed by atoms with Gasteiger partial charge in [0.2, 0.25) is 0 Å². The van der Waals surface area contributed by atoms with Crippen molar-refractivity contribution in [2.24, 2.45) is 5.73 Å². The molecule has 5 heteroatoms. The van der Waals surface area contributed by atoms with E-state index < -0.39 is 0 Å². The van der Waals surface area contributed by atoms with Gasteiger partial charge in [0.05, 0.1) is 6.54 Å². The molecule has 0 aliphatic rings. The molecule has 0 radical (unpaired) electrons. The van der Waals surface area contributed by atoms with Crippen LogP contribution >= 0.6 is 23.7 Å². The average Bonchev–Trinajstić information content (AvgIpc) is 2.94. The number of rotatable bonds is 8. The quantitative estimate of drug-likeness (QED) is 0.810. The fraction of sp³-hybridized carbons (Fsp3) is 0.438. The van der Waals surface area contributed by atoms with Gasteiger partial charge in [-0.2, -0.15) is 0 Å². The van der Waals surface area contributed by atoms with Gasteiger partial charge in [-0.3, -0.25) is 4.90 Å². The van der Waals surface area contributed by atoms with E-state index in [1.165, 1.54) is 15.4 Å². The number of halogens is 1. The molecular formula is C16H24ClN3S. The van der Waals surface area contributed by atoms with Crippen LogP contribution in [0.5, 0.6) is 0 Å². The van der Waals surface area contributed by atoms with Crippen LogP contribution in [0.2, 0.25) is 0 Å². The standard InChI is InChI=1S/C16H23N3S.ClH/c1-2-15-12-18-16(20-15)13-19(11-9-17)10-8-14-6-4-3-5-7-14;/h3-7,12H,2,8-11,13,17H2,1H3;1H. The summed E-state index contributed by atoms with van der Waals surface area (Å²) in [6.45, 7) is 5.73. The Morgan fingerprint density at radius 3 is 2.57 bits per heavy atom. The molecule has 0 atom stereocenters. The molecule has 0 saturated heterocycles. The van der Waals surface area contributed by atoms with Gasteiger partial charge >= 0.3 is 0 Å². The monoisotopic (exact) mass is 325 g/mol. The molecule has 0 unspecified atom stereocenters. The van der Waals surface area contributed by atoms with Crippen molar-refractivity contribution in [3.63, 3.8) is 0 Å². The summed E-state index contributed by atoms with van der Waals surface area (Å²) in [6.07, 6.45) is 4.13. The molecule has 1 aromatic heterocycles. The molecule has 21 heavy (non-hydrogen) atoms. The lowest BCUT2D eigenvalue weighted by molar-refractivity contribution is 0.276. The highest BCUT2D eigenvalue weighted by Gasteiger charge is 2.08. The summed E-state index contributed by atoms with van der Waals surface area (Å²) in [5, 5.41) is 1.20. The molecule has 2 rings (SSSR count). The van der Waals surface area contributed by atoms with Gasteiger partial charge in [-0.25, -0.2) is 4.98 Å². The van der Waals surface area contributed by atoms with Gasteiger partial charge in [-0.15, -0.1) is 23.7 Å². The summed E-state index contributed by atoms with van der Waals surface area (Å²) in [6, 6.07) is 10.6. The minimum absolute atomic E-state index is 0. The third-order valence-corrected chi connectivity index (χ3v) is 4.44. The zero-order chi connectivity index (χ0) is 14.2. The van der Waals surface area contributed by atoms with E-state index >= 15 is 0 Å². The van der Waals surface area contributed by atoms with Gasteiger partial charge in [0.15, 0.2) is 0 Å². The Labute approximate surface area is 137 Å². The second-order valence-corrected chi connectivity index (χ2v) is 6.07. The Balaban J connectivity index is 0.00000220. The van der Waals surface area contributed by atoms with Gasteiger partial charge in [0, 0.05) is 30.7 Å². The summed E-state index contributed by atoms with van der Waals surface area (Å²) in [5.74, 6) is 0. The van der Waals surface area contributed by atoms with Gasteiger partial charge < -0.3 is 5.73 Å². The van der Waals surface area contributed by atoms with Crippen molar-refractivity contribution in [1.29, 1.82) is 0 Å². The predicted molar refractivity (Wildman–Crippen MR) is 93.2 cm³/mol. The van der Waals surface area contributed by atoms with E-state index in [1.54, 1.807) is 0 Å².